The minimum absolute atomic E-state index is 1.34. The summed E-state index contributed by atoms with van der Waals surface area (Å²) < 4.78 is 294. The summed E-state index contributed by atoms with van der Waals surface area (Å²) in [5.41, 5.74) is -14.3. The Morgan fingerprint density at radius 1 is 0.291 bits per heavy atom. The van der Waals surface area contributed by atoms with Crippen LogP contribution in [-0.4, -0.2) is 26.3 Å². The van der Waals surface area contributed by atoms with Gasteiger partial charge in [0.1, 0.15) is 52.7 Å². The molecule has 0 aromatic heterocycles. The molecule has 0 heterocycles. The number of halogens is 20. The highest BCUT2D eigenvalue weighted by atomic mass is 19.2. The summed E-state index contributed by atoms with van der Waals surface area (Å²) in [7, 11) is 2.30. The first-order valence-electron chi connectivity index (χ1n) is 15.6. The van der Waals surface area contributed by atoms with Crippen LogP contribution >= 0.6 is 0 Å². The van der Waals surface area contributed by atoms with Crippen LogP contribution in [-0.2, 0) is 0 Å². The number of quaternary nitrogens is 1. The van der Waals surface area contributed by atoms with Crippen molar-refractivity contribution in [2.24, 2.45) is 0 Å². The molecule has 0 atom stereocenters. The Bertz CT molecular complexity index is 1730. The molecule has 0 unspecified atom stereocenters. The SMILES string of the molecule is CCCC[NH+](C)CCCC.Fc1c(F)c(F)c([B-](c2c(F)c(F)c(F)c(F)c2F)(c2c(F)c(F)c(F)c(F)c2F)c2c(F)c(F)c(F)c(F)c2F)c(F)c1F. The molecule has 0 radical (unpaired) electrons. The normalized spacial score (nSPS) is 11.8. The average molecular weight is 823 g/mol. The fourth-order valence-corrected chi connectivity index (χ4v) is 5.96. The zero-order chi connectivity index (χ0) is 42.2. The van der Waals surface area contributed by atoms with Crippen molar-refractivity contribution in [2.75, 3.05) is 20.1 Å². The monoisotopic (exact) mass is 823 g/mol. The second-order valence-corrected chi connectivity index (χ2v) is 12.0. The van der Waals surface area contributed by atoms with E-state index in [4.69, 9.17) is 0 Å². The summed E-state index contributed by atoms with van der Waals surface area (Å²) in [5.74, 6) is -71.4. The van der Waals surface area contributed by atoms with Gasteiger partial charge in [0.2, 0.25) is 0 Å². The molecule has 0 spiro atoms. The molecule has 1 N–H and O–H groups in total. The highest BCUT2D eigenvalue weighted by Crippen LogP contribution is 2.30. The second-order valence-electron chi connectivity index (χ2n) is 12.0. The van der Waals surface area contributed by atoms with Crippen molar-refractivity contribution in [3.63, 3.8) is 0 Å². The zero-order valence-corrected chi connectivity index (χ0v) is 27.9. The molecule has 0 amide bonds. The lowest BCUT2D eigenvalue weighted by atomic mass is 9.12. The highest BCUT2D eigenvalue weighted by molar-refractivity contribution is 7.20. The van der Waals surface area contributed by atoms with Gasteiger partial charge in [-0.3, -0.25) is 0 Å². The highest BCUT2D eigenvalue weighted by Gasteiger charge is 2.52. The van der Waals surface area contributed by atoms with Crippen LogP contribution in [0, 0.1) is 116 Å². The first-order valence-corrected chi connectivity index (χ1v) is 15.6. The van der Waals surface area contributed by atoms with E-state index in [0.717, 1.165) is 0 Å². The summed E-state index contributed by atoms with van der Waals surface area (Å²) >= 11 is 0. The first-order chi connectivity index (χ1) is 25.5. The summed E-state index contributed by atoms with van der Waals surface area (Å²) in [4.78, 5) is 1.70. The van der Waals surface area contributed by atoms with Gasteiger partial charge in [-0.05, 0) is 12.8 Å². The standard InChI is InChI=1S/C24BF20.C9H21N/c26-5-1(6(27)14(35)21(42)13(5)34)25(2-7(28)15(36)22(43)16(37)8(2)29,3-9(30)17(38)23(44)18(39)10(3)31)4-11(32)19(40)24(45)20(41)12(4)33;1-4-6-8-10(3)9-7-5-2/h;4-9H2,1-3H3/q-1;/p+1. The van der Waals surface area contributed by atoms with Crippen LogP contribution < -0.4 is 26.8 Å². The Labute approximate surface area is 297 Å². The van der Waals surface area contributed by atoms with Gasteiger partial charge < -0.3 is 4.90 Å². The van der Waals surface area contributed by atoms with E-state index in [1.807, 2.05) is 0 Å². The van der Waals surface area contributed by atoms with Crippen molar-refractivity contribution in [3.05, 3.63) is 116 Å². The van der Waals surface area contributed by atoms with E-state index in [1.54, 1.807) is 4.90 Å². The molecule has 4 aromatic rings. The van der Waals surface area contributed by atoms with Crippen molar-refractivity contribution in [2.45, 2.75) is 39.5 Å². The van der Waals surface area contributed by atoms with E-state index < -0.39 is 144 Å². The third-order valence-electron chi connectivity index (χ3n) is 8.62. The van der Waals surface area contributed by atoms with Crippen LogP contribution in [0.15, 0.2) is 0 Å². The molecule has 1 nitrogen and oxygen atoms in total. The molecule has 0 saturated carbocycles. The second kappa shape index (κ2) is 17.1. The lowest BCUT2D eigenvalue weighted by Gasteiger charge is -2.44. The fraction of sp³-hybridized carbons (Fsp3) is 0.273. The van der Waals surface area contributed by atoms with Crippen molar-refractivity contribution < 1.29 is 92.7 Å². The van der Waals surface area contributed by atoms with Gasteiger partial charge in [0, 0.05) is 0 Å². The molecular weight excluding hydrogens is 801 g/mol. The molecule has 4 rings (SSSR count). The van der Waals surface area contributed by atoms with Crippen LogP contribution in [0.2, 0.25) is 0 Å². The van der Waals surface area contributed by atoms with Gasteiger partial charge in [-0.15, -0.1) is 21.9 Å². The largest absolute Gasteiger partial charge is 0.337 e. The Hall–Kier alpha value is -4.50. The molecule has 0 bridgehead atoms. The molecule has 0 fully saturated rings. The summed E-state index contributed by atoms with van der Waals surface area (Å²) in [6, 6.07) is 0. The predicted molar refractivity (Wildman–Crippen MR) is 156 cm³/mol. The van der Waals surface area contributed by atoms with Gasteiger partial charge in [0.25, 0.3) is 0 Å². The quantitative estimate of drug-likeness (QED) is 0.0766. The molecule has 0 aliphatic carbocycles. The number of rotatable bonds is 10. The van der Waals surface area contributed by atoms with Crippen LogP contribution in [0.5, 0.6) is 0 Å². The van der Waals surface area contributed by atoms with E-state index in [2.05, 4.69) is 20.9 Å². The van der Waals surface area contributed by atoms with E-state index in [9.17, 15) is 52.7 Å². The minimum atomic E-state index is -7.22. The number of hydrogen-bond acceptors (Lipinski definition) is 0. The van der Waals surface area contributed by atoms with Gasteiger partial charge in [0.15, 0.2) is 69.8 Å². The topological polar surface area (TPSA) is 4.44 Å². The van der Waals surface area contributed by atoms with Crippen molar-refractivity contribution >= 4 is 28.0 Å². The van der Waals surface area contributed by atoms with Gasteiger partial charge >= 0.3 is 0 Å². The molecule has 0 aliphatic heterocycles. The zero-order valence-electron chi connectivity index (χ0n) is 27.9. The molecule has 22 heteroatoms. The van der Waals surface area contributed by atoms with Crippen LogP contribution in [0.25, 0.3) is 0 Å². The number of benzene rings is 4. The third-order valence-corrected chi connectivity index (χ3v) is 8.62. The Morgan fingerprint density at radius 3 is 0.582 bits per heavy atom. The Kier molecular flexibility index (Phi) is 14.0. The predicted octanol–water partition coefficient (Wildman–Crippen LogP) is 6.95. The van der Waals surface area contributed by atoms with Crippen LogP contribution in [0.3, 0.4) is 0 Å². The molecule has 4 aromatic carbocycles. The molecular formula is C33H22BF20N. The van der Waals surface area contributed by atoms with E-state index in [0.29, 0.717) is 0 Å². The number of hydrogen-bond donors (Lipinski definition) is 1. The van der Waals surface area contributed by atoms with Gasteiger partial charge in [-0.1, -0.05) is 26.7 Å². The summed E-state index contributed by atoms with van der Waals surface area (Å²) in [6.45, 7) is 7.23. The minimum Gasteiger partial charge on any atom is -0.337 e. The molecule has 0 aliphatic rings. The first kappa shape index (κ1) is 44.9. The molecule has 0 saturated heterocycles. The van der Waals surface area contributed by atoms with E-state index in [-0.39, 0.29) is 0 Å². The summed E-state index contributed by atoms with van der Waals surface area (Å²) in [6.07, 6.45) is -1.77. The Balaban J connectivity index is 0.000000712. The van der Waals surface area contributed by atoms with E-state index in [1.165, 1.54) is 38.8 Å². The number of nitrogens with one attached hydrogen (secondary N) is 1. The maximum absolute atomic E-state index is 15.4. The molecule has 55 heavy (non-hydrogen) atoms. The van der Waals surface area contributed by atoms with Crippen molar-refractivity contribution in [3.8, 4) is 0 Å². The van der Waals surface area contributed by atoms with Crippen molar-refractivity contribution in [1.29, 1.82) is 0 Å². The van der Waals surface area contributed by atoms with Crippen molar-refractivity contribution in [1.82, 2.24) is 0 Å². The Morgan fingerprint density at radius 2 is 0.436 bits per heavy atom. The third kappa shape index (κ3) is 7.32. The van der Waals surface area contributed by atoms with Gasteiger partial charge in [-0.2, -0.15) is 0 Å². The average Bonchev–Trinajstić information content (AvgIpc) is 3.16. The summed E-state index contributed by atoms with van der Waals surface area (Å²) in [5, 5.41) is 0. The maximum atomic E-state index is 15.4. The lowest BCUT2D eigenvalue weighted by molar-refractivity contribution is -0.880. The molecule has 302 valence electrons. The lowest BCUT2D eigenvalue weighted by Crippen LogP contribution is -3.08. The fourth-order valence-electron chi connectivity index (χ4n) is 5.96. The van der Waals surface area contributed by atoms with Crippen LogP contribution in [0.1, 0.15) is 39.5 Å². The van der Waals surface area contributed by atoms with Crippen LogP contribution in [0.4, 0.5) is 87.8 Å². The van der Waals surface area contributed by atoms with Gasteiger partial charge in [0.05, 0.1) is 20.1 Å². The van der Waals surface area contributed by atoms with E-state index >= 15 is 35.1 Å². The number of unbranched alkanes of at least 4 members (excludes halogenated alkanes) is 2. The smallest absolute Gasteiger partial charge is 0.200 e. The van der Waals surface area contributed by atoms with Gasteiger partial charge in [-0.25, -0.2) is 87.8 Å². The maximum Gasteiger partial charge on any atom is 0.200 e.